The summed E-state index contributed by atoms with van der Waals surface area (Å²) in [6.45, 7) is 0.927. The van der Waals surface area contributed by atoms with E-state index in [4.69, 9.17) is 10.2 Å². The highest BCUT2D eigenvalue weighted by Gasteiger charge is 2.04. The largest absolute Gasteiger partial charge is 0.448 e. The predicted molar refractivity (Wildman–Crippen MR) is 42.3 cm³/mol. The van der Waals surface area contributed by atoms with Gasteiger partial charge in [-0.25, -0.2) is 4.98 Å². The Balaban J connectivity index is 2.27. The molecule has 1 aromatic heterocycles. The summed E-state index contributed by atoms with van der Waals surface area (Å²) in [7, 11) is 0. The minimum atomic E-state index is -0.122. The number of hydrogen-bond donors (Lipinski definition) is 2. The zero-order valence-corrected chi connectivity index (χ0v) is 6.62. The third kappa shape index (κ3) is 2.71. The molecule has 0 aliphatic heterocycles. The number of carbonyl (C=O) groups is 1. The molecule has 0 saturated carbocycles. The molecule has 0 atom stereocenters. The van der Waals surface area contributed by atoms with Crippen molar-refractivity contribution >= 4 is 5.91 Å². The summed E-state index contributed by atoms with van der Waals surface area (Å²) in [6, 6.07) is 0. The summed E-state index contributed by atoms with van der Waals surface area (Å²) in [5.41, 5.74) is 5.20. The summed E-state index contributed by atoms with van der Waals surface area (Å²) < 4.78 is 4.88. The zero-order valence-electron chi connectivity index (χ0n) is 6.62. The van der Waals surface area contributed by atoms with Crippen molar-refractivity contribution in [3.8, 4) is 0 Å². The predicted octanol–water partition coefficient (Wildman–Crippen LogP) is -0.708. The summed E-state index contributed by atoms with van der Waals surface area (Å²) in [4.78, 5) is 14.8. The van der Waals surface area contributed by atoms with Gasteiger partial charge in [0.1, 0.15) is 12.7 Å². The number of oxazole rings is 1. The van der Waals surface area contributed by atoms with Crippen LogP contribution in [0, 0.1) is 0 Å². The number of rotatable bonds is 4. The van der Waals surface area contributed by atoms with Crippen LogP contribution in [-0.2, 0) is 11.2 Å². The highest BCUT2D eigenvalue weighted by molar-refractivity contribution is 5.77. The van der Waals surface area contributed by atoms with E-state index in [0.717, 1.165) is 0 Å². The second-order valence-electron chi connectivity index (χ2n) is 2.24. The van der Waals surface area contributed by atoms with Crippen molar-refractivity contribution in [2.45, 2.75) is 6.42 Å². The van der Waals surface area contributed by atoms with Crippen molar-refractivity contribution in [2.75, 3.05) is 13.1 Å². The number of hydrogen-bond acceptors (Lipinski definition) is 4. The van der Waals surface area contributed by atoms with Crippen LogP contribution in [0.1, 0.15) is 5.89 Å². The van der Waals surface area contributed by atoms with Crippen molar-refractivity contribution < 1.29 is 9.21 Å². The maximum atomic E-state index is 11.0. The Morgan fingerprint density at radius 3 is 3.17 bits per heavy atom. The van der Waals surface area contributed by atoms with Crippen LogP contribution < -0.4 is 11.1 Å². The van der Waals surface area contributed by atoms with Gasteiger partial charge in [0.2, 0.25) is 11.8 Å². The lowest BCUT2D eigenvalue weighted by Crippen LogP contribution is -2.30. The van der Waals surface area contributed by atoms with Gasteiger partial charge in [-0.05, 0) is 0 Å². The van der Waals surface area contributed by atoms with E-state index >= 15 is 0 Å². The van der Waals surface area contributed by atoms with E-state index in [1.54, 1.807) is 0 Å². The van der Waals surface area contributed by atoms with E-state index in [2.05, 4.69) is 10.3 Å². The number of amides is 1. The first kappa shape index (κ1) is 8.73. The molecule has 0 aliphatic rings. The van der Waals surface area contributed by atoms with Gasteiger partial charge in [-0.15, -0.1) is 0 Å². The molecule has 0 spiro atoms. The van der Waals surface area contributed by atoms with Gasteiger partial charge in [-0.2, -0.15) is 0 Å². The van der Waals surface area contributed by atoms with Gasteiger partial charge in [0.05, 0.1) is 6.20 Å². The normalized spacial score (nSPS) is 9.75. The van der Waals surface area contributed by atoms with Crippen LogP contribution in [0.5, 0.6) is 0 Å². The molecule has 1 aromatic rings. The van der Waals surface area contributed by atoms with Gasteiger partial charge < -0.3 is 15.5 Å². The molecule has 0 aliphatic carbocycles. The molecule has 3 N–H and O–H groups in total. The van der Waals surface area contributed by atoms with E-state index in [1.165, 1.54) is 12.5 Å². The summed E-state index contributed by atoms with van der Waals surface area (Å²) in [6.07, 6.45) is 3.12. The van der Waals surface area contributed by atoms with Gasteiger partial charge in [-0.1, -0.05) is 0 Å². The van der Waals surface area contributed by atoms with E-state index in [-0.39, 0.29) is 12.3 Å². The number of nitrogens with two attached hydrogens (primary N) is 1. The average molecular weight is 169 g/mol. The molecular weight excluding hydrogens is 158 g/mol. The molecule has 5 nitrogen and oxygen atoms in total. The highest BCUT2D eigenvalue weighted by Crippen LogP contribution is 1.94. The molecule has 0 radical (unpaired) electrons. The third-order valence-corrected chi connectivity index (χ3v) is 1.26. The fourth-order valence-electron chi connectivity index (χ4n) is 0.752. The minimum Gasteiger partial charge on any atom is -0.448 e. The molecule has 66 valence electrons. The zero-order chi connectivity index (χ0) is 8.81. The van der Waals surface area contributed by atoms with E-state index < -0.39 is 0 Å². The average Bonchev–Trinajstić information content (AvgIpc) is 2.53. The van der Waals surface area contributed by atoms with E-state index in [0.29, 0.717) is 19.0 Å². The van der Waals surface area contributed by atoms with Gasteiger partial charge in [0.15, 0.2) is 0 Å². The van der Waals surface area contributed by atoms with Crippen molar-refractivity contribution in [3.05, 3.63) is 18.4 Å². The van der Waals surface area contributed by atoms with Crippen molar-refractivity contribution in [2.24, 2.45) is 5.73 Å². The first-order valence-corrected chi connectivity index (χ1v) is 3.68. The second-order valence-corrected chi connectivity index (χ2v) is 2.24. The maximum absolute atomic E-state index is 11.0. The molecule has 1 amide bonds. The third-order valence-electron chi connectivity index (χ3n) is 1.26. The molecular formula is C7H11N3O2. The lowest BCUT2D eigenvalue weighted by molar-refractivity contribution is -0.120. The second kappa shape index (κ2) is 4.50. The number of nitrogens with one attached hydrogen (secondary N) is 1. The standard InChI is InChI=1S/C7H11N3O2/c8-1-2-9-6(11)5-7-10-3-4-12-7/h3-4H,1-2,5,8H2,(H,9,11). The molecule has 0 unspecified atom stereocenters. The molecule has 0 fully saturated rings. The minimum absolute atomic E-state index is 0.122. The van der Waals surface area contributed by atoms with Gasteiger partial charge in [0.25, 0.3) is 0 Å². The van der Waals surface area contributed by atoms with Crippen LogP contribution in [0.2, 0.25) is 0 Å². The van der Waals surface area contributed by atoms with Gasteiger partial charge in [-0.3, -0.25) is 4.79 Å². The van der Waals surface area contributed by atoms with Crippen LogP contribution in [0.4, 0.5) is 0 Å². The van der Waals surface area contributed by atoms with Crippen LogP contribution in [0.25, 0.3) is 0 Å². The van der Waals surface area contributed by atoms with Crippen LogP contribution in [0.3, 0.4) is 0 Å². The Labute approximate surface area is 70.0 Å². The molecule has 5 heteroatoms. The van der Waals surface area contributed by atoms with Crippen LogP contribution in [-0.4, -0.2) is 24.0 Å². The number of carbonyl (C=O) groups excluding carboxylic acids is 1. The molecule has 1 rings (SSSR count). The lowest BCUT2D eigenvalue weighted by atomic mass is 10.4. The Morgan fingerprint density at radius 2 is 2.58 bits per heavy atom. The van der Waals surface area contributed by atoms with Crippen molar-refractivity contribution in [3.63, 3.8) is 0 Å². The highest BCUT2D eigenvalue weighted by atomic mass is 16.3. The fraction of sp³-hybridized carbons (Fsp3) is 0.429. The van der Waals surface area contributed by atoms with E-state index in [9.17, 15) is 4.79 Å². The summed E-state index contributed by atoms with van der Waals surface area (Å²) in [5, 5.41) is 2.61. The molecule has 0 aromatic carbocycles. The quantitative estimate of drug-likeness (QED) is 0.624. The smallest absolute Gasteiger partial charge is 0.229 e. The fourth-order valence-corrected chi connectivity index (χ4v) is 0.752. The first-order valence-electron chi connectivity index (χ1n) is 3.68. The number of nitrogens with zero attached hydrogens (tertiary/aromatic N) is 1. The van der Waals surface area contributed by atoms with Crippen LogP contribution in [0.15, 0.2) is 16.9 Å². The first-order chi connectivity index (χ1) is 5.83. The Kier molecular flexibility index (Phi) is 3.28. The Bertz CT molecular complexity index is 233. The monoisotopic (exact) mass is 169 g/mol. The SMILES string of the molecule is NCCNC(=O)Cc1ncco1. The molecule has 1 heterocycles. The van der Waals surface area contributed by atoms with Gasteiger partial charge in [0, 0.05) is 13.1 Å². The topological polar surface area (TPSA) is 81.1 Å². The van der Waals surface area contributed by atoms with Crippen LogP contribution >= 0.6 is 0 Å². The van der Waals surface area contributed by atoms with E-state index in [1.807, 2.05) is 0 Å². The molecule has 0 bridgehead atoms. The molecule has 0 saturated heterocycles. The molecule has 12 heavy (non-hydrogen) atoms. The van der Waals surface area contributed by atoms with Crippen molar-refractivity contribution in [1.29, 1.82) is 0 Å². The number of aromatic nitrogens is 1. The van der Waals surface area contributed by atoms with Crippen molar-refractivity contribution in [1.82, 2.24) is 10.3 Å². The summed E-state index contributed by atoms with van der Waals surface area (Å²) in [5.74, 6) is 0.299. The Morgan fingerprint density at radius 1 is 1.75 bits per heavy atom. The lowest BCUT2D eigenvalue weighted by Gasteiger charge is -1.99. The summed E-state index contributed by atoms with van der Waals surface area (Å²) >= 11 is 0. The maximum Gasteiger partial charge on any atom is 0.229 e. The Hall–Kier alpha value is -1.36. The van der Waals surface area contributed by atoms with Gasteiger partial charge >= 0.3 is 0 Å².